The van der Waals surface area contributed by atoms with Crippen molar-refractivity contribution in [1.29, 1.82) is 0 Å². The minimum absolute atomic E-state index is 0. The second-order valence-corrected chi connectivity index (χ2v) is 5.37. The summed E-state index contributed by atoms with van der Waals surface area (Å²) >= 11 is 6.23. The van der Waals surface area contributed by atoms with Crippen LogP contribution in [0.5, 0.6) is 0 Å². The minimum atomic E-state index is -1.01. The molecule has 0 amide bonds. The van der Waals surface area contributed by atoms with E-state index in [0.717, 1.165) is 11.1 Å². The molecule has 2 aromatic carbocycles. The molecule has 114 valence electrons. The molecule has 1 heterocycles. The monoisotopic (exact) mass is 380 g/mol. The van der Waals surface area contributed by atoms with Gasteiger partial charge in [0.2, 0.25) is 0 Å². The normalized spacial score (nSPS) is 13.3. The van der Waals surface area contributed by atoms with Crippen LogP contribution < -0.4 is 22.7 Å². The summed E-state index contributed by atoms with van der Waals surface area (Å²) in [4.78, 5) is 11.4. The van der Waals surface area contributed by atoms with Crippen LogP contribution in [0.3, 0.4) is 0 Å². The molecule has 0 unspecified atom stereocenters. The minimum Gasteiger partial charge on any atom is -1.00 e. The highest BCUT2D eigenvalue weighted by Crippen LogP contribution is 2.32. The van der Waals surface area contributed by atoms with Crippen LogP contribution in [-0.4, -0.2) is 21.5 Å². The zero-order valence-corrected chi connectivity index (χ0v) is 13.9. The summed E-state index contributed by atoms with van der Waals surface area (Å²) in [5, 5.41) is 9.75. The third-order valence-corrected chi connectivity index (χ3v) is 3.96. The molecule has 0 atom stereocenters. The van der Waals surface area contributed by atoms with Gasteiger partial charge in [-0.25, -0.2) is 9.37 Å². The van der Waals surface area contributed by atoms with E-state index in [4.69, 9.17) is 17.3 Å². The Hall–Kier alpha value is -1.85. The molecule has 0 saturated carbocycles. The van der Waals surface area contributed by atoms with Gasteiger partial charge in [-0.3, -0.25) is 5.73 Å². The van der Waals surface area contributed by atoms with Crippen molar-refractivity contribution < 1.29 is 31.5 Å². The Morgan fingerprint density at radius 2 is 1.82 bits per heavy atom. The van der Waals surface area contributed by atoms with Gasteiger partial charge < -0.3 is 22.1 Å². The number of fused-ring (bicyclic) bond motifs is 1. The molecule has 0 aromatic heterocycles. The van der Waals surface area contributed by atoms with Gasteiger partial charge in [0, 0.05) is 0 Å². The molecule has 0 radical (unpaired) electrons. The van der Waals surface area contributed by atoms with Gasteiger partial charge in [-0.1, -0.05) is 41.9 Å². The Morgan fingerprint density at radius 3 is 2.50 bits per heavy atom. The van der Waals surface area contributed by atoms with Crippen molar-refractivity contribution in [2.45, 2.75) is 13.0 Å². The number of carboxylic acid groups (broad SMARTS) is 1. The van der Waals surface area contributed by atoms with Crippen molar-refractivity contribution in [2.75, 3.05) is 0 Å². The standard InChI is InChI=1S/C16H13ClN2O2.BrH/c17-13-7-3-6-12(16(20)21)15(13)19-9-11-5-2-1-4-10(11)8-14(19)18;/h1-7,18H,8-9H2,(H,20,21);1H. The fourth-order valence-corrected chi connectivity index (χ4v) is 2.91. The van der Waals surface area contributed by atoms with Gasteiger partial charge in [0.05, 0.1) is 11.4 Å². The quantitative estimate of drug-likeness (QED) is 0.708. The molecule has 0 saturated heterocycles. The highest BCUT2D eigenvalue weighted by Gasteiger charge is 2.27. The van der Waals surface area contributed by atoms with E-state index in [1.165, 1.54) is 6.07 Å². The van der Waals surface area contributed by atoms with Gasteiger partial charge in [0.25, 0.3) is 5.84 Å². The first-order valence-corrected chi connectivity index (χ1v) is 6.93. The number of carbonyl (C=O) groups is 1. The van der Waals surface area contributed by atoms with Crippen LogP contribution in [0.2, 0.25) is 5.02 Å². The summed E-state index contributed by atoms with van der Waals surface area (Å²) in [7, 11) is 0. The molecule has 1 aliphatic heterocycles. The first-order chi connectivity index (χ1) is 10.1. The van der Waals surface area contributed by atoms with E-state index in [2.05, 4.69) is 0 Å². The zero-order valence-electron chi connectivity index (χ0n) is 11.6. The number of carboxylic acids is 1. The molecule has 2 aromatic rings. The lowest BCUT2D eigenvalue weighted by Gasteiger charge is -2.19. The van der Waals surface area contributed by atoms with E-state index in [1.807, 2.05) is 24.3 Å². The van der Waals surface area contributed by atoms with Crippen LogP contribution in [-0.2, 0) is 13.0 Å². The fourth-order valence-electron chi connectivity index (χ4n) is 2.63. The number of para-hydroxylation sites is 1. The number of aromatic carboxylic acids is 1. The molecule has 0 fully saturated rings. The maximum absolute atomic E-state index is 11.4. The van der Waals surface area contributed by atoms with Gasteiger partial charge >= 0.3 is 5.97 Å². The Kier molecular flexibility index (Phi) is 4.88. The smallest absolute Gasteiger partial charge is 0.340 e. The molecule has 0 aliphatic carbocycles. The van der Waals surface area contributed by atoms with Crippen LogP contribution >= 0.6 is 11.6 Å². The van der Waals surface area contributed by atoms with Gasteiger partial charge in [0.1, 0.15) is 12.1 Å². The number of rotatable bonds is 2. The summed E-state index contributed by atoms with van der Waals surface area (Å²) in [5.41, 5.74) is 9.06. The number of benzene rings is 2. The molecular formula is C16H14BrClN2O2. The van der Waals surface area contributed by atoms with E-state index in [0.29, 0.717) is 29.5 Å². The number of nitrogens with two attached hydrogens (primary N) is 1. The lowest BCUT2D eigenvalue weighted by Crippen LogP contribution is -3.00. The van der Waals surface area contributed by atoms with Crippen molar-refractivity contribution in [1.82, 2.24) is 0 Å². The Balaban J connectivity index is 0.00000176. The third-order valence-electron chi connectivity index (χ3n) is 3.65. The van der Waals surface area contributed by atoms with Gasteiger partial charge in [0.15, 0.2) is 5.69 Å². The van der Waals surface area contributed by atoms with Gasteiger partial charge in [-0.05, 0) is 23.3 Å². The summed E-state index contributed by atoms with van der Waals surface area (Å²) in [6.45, 7) is 0.520. The van der Waals surface area contributed by atoms with E-state index in [1.54, 1.807) is 16.7 Å². The fraction of sp³-hybridized carbons (Fsp3) is 0.125. The van der Waals surface area contributed by atoms with E-state index in [-0.39, 0.29) is 22.5 Å². The van der Waals surface area contributed by atoms with Crippen LogP contribution in [0.15, 0.2) is 42.5 Å². The maximum atomic E-state index is 11.4. The SMILES string of the molecule is NC1=[N+](c2c(Cl)cccc2C(=O)O)Cc2ccccc2C1.[Br-]. The molecule has 1 aliphatic rings. The number of hydrogen-bond donors (Lipinski definition) is 2. The molecule has 3 rings (SSSR count). The number of nitrogens with zero attached hydrogens (tertiary/aromatic N) is 1. The third kappa shape index (κ3) is 2.87. The van der Waals surface area contributed by atoms with E-state index in [9.17, 15) is 9.90 Å². The number of hydrogen-bond acceptors (Lipinski definition) is 2. The van der Waals surface area contributed by atoms with E-state index < -0.39 is 5.97 Å². The Morgan fingerprint density at radius 1 is 1.14 bits per heavy atom. The number of halogens is 2. The Bertz CT molecular complexity index is 774. The van der Waals surface area contributed by atoms with Crippen molar-refractivity contribution in [3.8, 4) is 0 Å². The lowest BCUT2D eigenvalue weighted by molar-refractivity contribution is -0.462. The summed E-state index contributed by atoms with van der Waals surface area (Å²) in [6, 6.07) is 12.8. The average Bonchev–Trinajstić information content (AvgIpc) is 2.46. The molecule has 0 bridgehead atoms. The second-order valence-electron chi connectivity index (χ2n) is 4.96. The first-order valence-electron chi connectivity index (χ1n) is 6.55. The summed E-state index contributed by atoms with van der Waals surface area (Å²) in [6.07, 6.45) is 0.584. The highest BCUT2D eigenvalue weighted by atomic mass is 79.9. The molecular weight excluding hydrogens is 368 g/mol. The van der Waals surface area contributed by atoms with Crippen LogP contribution in [0.25, 0.3) is 0 Å². The van der Waals surface area contributed by atoms with E-state index >= 15 is 0 Å². The van der Waals surface area contributed by atoms with Crippen LogP contribution in [0, 0.1) is 0 Å². The molecule has 22 heavy (non-hydrogen) atoms. The topological polar surface area (TPSA) is 66.3 Å². The zero-order chi connectivity index (χ0) is 15.0. The van der Waals surface area contributed by atoms with Crippen LogP contribution in [0.4, 0.5) is 5.69 Å². The van der Waals surface area contributed by atoms with Crippen molar-refractivity contribution in [3.63, 3.8) is 0 Å². The Labute approximate surface area is 143 Å². The molecule has 3 N–H and O–H groups in total. The summed E-state index contributed by atoms with van der Waals surface area (Å²) in [5.74, 6) is -0.413. The average molecular weight is 382 g/mol. The molecule has 6 heteroatoms. The predicted octanol–water partition coefficient (Wildman–Crippen LogP) is -0.200. The van der Waals surface area contributed by atoms with Crippen molar-refractivity contribution >= 4 is 29.1 Å². The number of amidine groups is 1. The largest absolute Gasteiger partial charge is 1.00 e. The molecule has 4 nitrogen and oxygen atoms in total. The predicted molar refractivity (Wildman–Crippen MR) is 81.4 cm³/mol. The van der Waals surface area contributed by atoms with Crippen molar-refractivity contribution in [3.05, 3.63) is 64.2 Å². The van der Waals surface area contributed by atoms with Crippen molar-refractivity contribution in [2.24, 2.45) is 5.73 Å². The molecule has 0 spiro atoms. The summed E-state index contributed by atoms with van der Waals surface area (Å²) < 4.78 is 1.79. The second kappa shape index (κ2) is 6.50. The van der Waals surface area contributed by atoms with Crippen LogP contribution in [0.1, 0.15) is 21.5 Å². The lowest BCUT2D eigenvalue weighted by atomic mass is 10.00. The van der Waals surface area contributed by atoms with Gasteiger partial charge in [-0.2, -0.15) is 0 Å². The van der Waals surface area contributed by atoms with Gasteiger partial charge in [-0.15, -0.1) is 0 Å². The maximum Gasteiger partial charge on any atom is 0.340 e. The first kappa shape index (κ1) is 16.5. The highest BCUT2D eigenvalue weighted by molar-refractivity contribution is 6.33.